The number of likely N-dealkylation sites (N-methyl/N-ethyl adjacent to an activating group) is 2. The number of rotatable bonds is 7. The van der Waals surface area contributed by atoms with Crippen LogP contribution in [0.3, 0.4) is 0 Å². The van der Waals surface area contributed by atoms with Crippen LogP contribution < -0.4 is 10.1 Å². The topological polar surface area (TPSA) is 53.5 Å². The second-order valence-electron chi connectivity index (χ2n) is 6.38. The molecule has 0 spiro atoms. The Kier molecular flexibility index (Phi) is 6.07. The van der Waals surface area contributed by atoms with E-state index in [1.807, 2.05) is 18.2 Å². The smallest absolute Gasteiger partial charge is 0.227 e. The third-order valence-corrected chi connectivity index (χ3v) is 4.76. The number of ether oxygens (including phenoxy) is 1. The molecule has 1 fully saturated rings. The molecule has 1 aromatic heterocycles. The molecule has 1 aliphatic heterocycles. The Labute approximate surface area is 153 Å². The minimum absolute atomic E-state index is 0.542. The van der Waals surface area contributed by atoms with Gasteiger partial charge >= 0.3 is 0 Å². The molecule has 0 radical (unpaired) electrons. The van der Waals surface area contributed by atoms with Gasteiger partial charge in [-0.25, -0.2) is 9.97 Å². The minimum Gasteiger partial charge on any atom is -0.491 e. The van der Waals surface area contributed by atoms with Crippen molar-refractivity contribution in [2.24, 2.45) is 0 Å². The Balaban J connectivity index is 1.54. The summed E-state index contributed by atoms with van der Waals surface area (Å²) in [4.78, 5) is 13.0. The Morgan fingerprint density at radius 1 is 1.36 bits per heavy atom. The van der Waals surface area contributed by atoms with Crippen molar-refractivity contribution in [3.05, 3.63) is 41.7 Å². The summed E-state index contributed by atoms with van der Waals surface area (Å²) in [5, 5.41) is 3.74. The zero-order valence-corrected chi connectivity index (χ0v) is 15.4. The van der Waals surface area contributed by atoms with Gasteiger partial charge in [0, 0.05) is 43.3 Å². The molecule has 7 heteroatoms. The van der Waals surface area contributed by atoms with Crippen LogP contribution in [0.15, 0.2) is 36.7 Å². The van der Waals surface area contributed by atoms with Crippen molar-refractivity contribution in [3.8, 4) is 5.75 Å². The average molecular weight is 362 g/mol. The van der Waals surface area contributed by atoms with Crippen LogP contribution in [-0.4, -0.2) is 66.1 Å². The van der Waals surface area contributed by atoms with Gasteiger partial charge in [0.15, 0.2) is 0 Å². The fourth-order valence-corrected chi connectivity index (χ4v) is 3.11. The molecule has 1 unspecified atom stereocenters. The van der Waals surface area contributed by atoms with Crippen LogP contribution in [0.25, 0.3) is 0 Å². The number of benzene rings is 1. The number of hydrogen-bond donors (Lipinski definition) is 1. The van der Waals surface area contributed by atoms with Crippen LogP contribution in [0.5, 0.6) is 5.75 Å². The number of likely N-dealkylation sites (tertiary alicyclic amines) is 1. The lowest BCUT2D eigenvalue weighted by molar-refractivity contribution is 0.192. The molecular weight excluding hydrogens is 338 g/mol. The van der Waals surface area contributed by atoms with Crippen LogP contribution in [0.1, 0.15) is 6.42 Å². The van der Waals surface area contributed by atoms with Crippen molar-refractivity contribution in [1.29, 1.82) is 0 Å². The molecule has 6 nitrogen and oxygen atoms in total. The van der Waals surface area contributed by atoms with Crippen molar-refractivity contribution in [3.63, 3.8) is 0 Å². The number of nitrogens with one attached hydrogen (secondary N) is 1. The van der Waals surface area contributed by atoms with E-state index in [2.05, 4.69) is 39.2 Å². The molecular formula is C18H24ClN5O. The van der Waals surface area contributed by atoms with Crippen molar-refractivity contribution in [2.75, 3.05) is 45.7 Å². The summed E-state index contributed by atoms with van der Waals surface area (Å²) in [6.07, 6.45) is 4.60. The van der Waals surface area contributed by atoms with Crippen molar-refractivity contribution < 1.29 is 4.74 Å². The SMILES string of the molecule is CN1CCC(N(C)CCOc2cc(Nc3ncccn3)ccc2Cl)C1. The summed E-state index contributed by atoms with van der Waals surface area (Å²) in [6, 6.07) is 7.96. The number of nitrogens with zero attached hydrogens (tertiary/aromatic N) is 4. The van der Waals surface area contributed by atoms with Crippen LogP contribution in [-0.2, 0) is 0 Å². The second kappa shape index (κ2) is 8.47. The van der Waals surface area contributed by atoms with E-state index in [1.165, 1.54) is 6.42 Å². The highest BCUT2D eigenvalue weighted by molar-refractivity contribution is 6.32. The van der Waals surface area contributed by atoms with Gasteiger partial charge in [0.2, 0.25) is 5.95 Å². The normalized spacial score (nSPS) is 17.8. The molecule has 25 heavy (non-hydrogen) atoms. The van der Waals surface area contributed by atoms with Crippen molar-refractivity contribution in [1.82, 2.24) is 19.8 Å². The van der Waals surface area contributed by atoms with Crippen LogP contribution in [0, 0.1) is 0 Å². The summed E-state index contributed by atoms with van der Waals surface area (Å²) in [6.45, 7) is 3.75. The largest absolute Gasteiger partial charge is 0.491 e. The molecule has 1 saturated heterocycles. The molecule has 0 saturated carbocycles. The highest BCUT2D eigenvalue weighted by Gasteiger charge is 2.22. The molecule has 1 N–H and O–H groups in total. The first-order chi connectivity index (χ1) is 12.1. The minimum atomic E-state index is 0.542. The van der Waals surface area contributed by atoms with Gasteiger partial charge in [0.1, 0.15) is 12.4 Å². The first-order valence-corrected chi connectivity index (χ1v) is 8.85. The molecule has 0 bridgehead atoms. The number of halogens is 1. The maximum absolute atomic E-state index is 6.26. The number of hydrogen-bond acceptors (Lipinski definition) is 6. The first-order valence-electron chi connectivity index (χ1n) is 8.47. The van der Waals surface area contributed by atoms with E-state index in [0.29, 0.717) is 29.4 Å². The lowest BCUT2D eigenvalue weighted by Crippen LogP contribution is -2.36. The number of aromatic nitrogens is 2. The fraction of sp³-hybridized carbons (Fsp3) is 0.444. The van der Waals surface area contributed by atoms with E-state index in [9.17, 15) is 0 Å². The van der Waals surface area contributed by atoms with Gasteiger partial charge in [0.05, 0.1) is 5.02 Å². The van der Waals surface area contributed by atoms with Gasteiger partial charge in [-0.3, -0.25) is 4.90 Å². The summed E-state index contributed by atoms with van der Waals surface area (Å²) >= 11 is 6.26. The molecule has 0 aliphatic carbocycles. The van der Waals surface area contributed by atoms with Crippen LogP contribution in [0.2, 0.25) is 5.02 Å². The molecule has 0 amide bonds. The molecule has 1 aromatic carbocycles. The van der Waals surface area contributed by atoms with Crippen molar-refractivity contribution >= 4 is 23.2 Å². The Bertz CT molecular complexity index is 684. The third-order valence-electron chi connectivity index (χ3n) is 4.44. The zero-order chi connectivity index (χ0) is 17.6. The first kappa shape index (κ1) is 17.9. The molecule has 1 atom stereocenters. The summed E-state index contributed by atoms with van der Waals surface area (Å²) in [5.74, 6) is 1.21. The lowest BCUT2D eigenvalue weighted by atomic mass is 10.2. The van der Waals surface area contributed by atoms with Crippen LogP contribution >= 0.6 is 11.6 Å². The molecule has 3 rings (SSSR count). The molecule has 2 aromatic rings. The lowest BCUT2D eigenvalue weighted by Gasteiger charge is -2.24. The van der Waals surface area contributed by atoms with Gasteiger partial charge in [-0.15, -0.1) is 0 Å². The summed E-state index contributed by atoms with van der Waals surface area (Å²) < 4.78 is 5.90. The predicted molar refractivity (Wildman–Crippen MR) is 101 cm³/mol. The fourth-order valence-electron chi connectivity index (χ4n) is 2.94. The van der Waals surface area contributed by atoms with E-state index in [0.717, 1.165) is 25.3 Å². The van der Waals surface area contributed by atoms with Gasteiger partial charge < -0.3 is 15.0 Å². The van der Waals surface area contributed by atoms with E-state index in [4.69, 9.17) is 16.3 Å². The Morgan fingerprint density at radius 3 is 2.88 bits per heavy atom. The average Bonchev–Trinajstić information content (AvgIpc) is 3.05. The quantitative estimate of drug-likeness (QED) is 0.818. The van der Waals surface area contributed by atoms with E-state index < -0.39 is 0 Å². The van der Waals surface area contributed by atoms with Crippen molar-refractivity contribution in [2.45, 2.75) is 12.5 Å². The Morgan fingerprint density at radius 2 is 2.16 bits per heavy atom. The highest BCUT2D eigenvalue weighted by atomic mass is 35.5. The maximum atomic E-state index is 6.26. The van der Waals surface area contributed by atoms with Gasteiger partial charge in [0.25, 0.3) is 0 Å². The van der Waals surface area contributed by atoms with E-state index in [-0.39, 0.29) is 0 Å². The zero-order valence-electron chi connectivity index (χ0n) is 14.7. The molecule has 1 aliphatic rings. The monoisotopic (exact) mass is 361 g/mol. The summed E-state index contributed by atoms with van der Waals surface area (Å²) in [7, 11) is 4.32. The predicted octanol–water partition coefficient (Wildman–Crippen LogP) is 2.89. The molecule has 134 valence electrons. The Hall–Kier alpha value is -1.89. The molecule has 2 heterocycles. The second-order valence-corrected chi connectivity index (χ2v) is 6.78. The van der Waals surface area contributed by atoms with Gasteiger partial charge in [-0.05, 0) is 45.3 Å². The third kappa shape index (κ3) is 5.04. The van der Waals surface area contributed by atoms with Gasteiger partial charge in [-0.2, -0.15) is 0 Å². The standard InChI is InChI=1S/C18H24ClN5O/c1-23-9-6-15(13-23)24(2)10-11-25-17-12-14(4-5-16(17)19)22-18-20-7-3-8-21-18/h3-5,7-8,12,15H,6,9-11,13H2,1-2H3,(H,20,21,22). The number of anilines is 2. The van der Waals surface area contributed by atoms with Gasteiger partial charge in [-0.1, -0.05) is 11.6 Å². The van der Waals surface area contributed by atoms with E-state index in [1.54, 1.807) is 18.5 Å². The highest BCUT2D eigenvalue weighted by Crippen LogP contribution is 2.28. The van der Waals surface area contributed by atoms with E-state index >= 15 is 0 Å². The van der Waals surface area contributed by atoms with Crippen LogP contribution in [0.4, 0.5) is 11.6 Å². The maximum Gasteiger partial charge on any atom is 0.227 e. The summed E-state index contributed by atoms with van der Waals surface area (Å²) in [5.41, 5.74) is 0.844.